The number of aryl methyl sites for hydroxylation is 1. The predicted molar refractivity (Wildman–Crippen MR) is 85.1 cm³/mol. The molecule has 0 saturated carbocycles. The van der Waals surface area contributed by atoms with Crippen molar-refractivity contribution in [3.8, 4) is 0 Å². The summed E-state index contributed by atoms with van der Waals surface area (Å²) in [6, 6.07) is 3.47. The number of rotatable bonds is 2. The van der Waals surface area contributed by atoms with E-state index in [1.807, 2.05) is 11.8 Å². The number of nitrogens with zero attached hydrogens (tertiary/aromatic N) is 2. The number of amides is 1. The maximum Gasteiger partial charge on any atom is 0.243 e. The second kappa shape index (κ2) is 5.29. The number of sulfonamides is 1. The first-order chi connectivity index (χ1) is 11.0. The molecule has 0 unspecified atom stereocenters. The van der Waals surface area contributed by atoms with Gasteiger partial charge >= 0.3 is 0 Å². The van der Waals surface area contributed by atoms with Crippen molar-refractivity contribution in [2.75, 3.05) is 37.7 Å². The zero-order chi connectivity index (χ0) is 16.2. The lowest BCUT2D eigenvalue weighted by molar-refractivity contribution is -0.119. The molecule has 3 heterocycles. The minimum Gasteiger partial charge on any atom is -0.379 e. The molecule has 1 saturated heterocycles. The molecule has 0 aliphatic carbocycles. The molecule has 1 aromatic rings. The molecule has 124 valence electrons. The van der Waals surface area contributed by atoms with Gasteiger partial charge in [-0.1, -0.05) is 0 Å². The highest BCUT2D eigenvalue weighted by Gasteiger charge is 2.39. The number of hydrogen-bond donors (Lipinski definition) is 0. The average Bonchev–Trinajstić information content (AvgIpc) is 2.82. The first kappa shape index (κ1) is 15.1. The van der Waals surface area contributed by atoms with E-state index in [1.54, 1.807) is 12.1 Å². The Morgan fingerprint density at radius 3 is 2.65 bits per heavy atom. The van der Waals surface area contributed by atoms with Crippen molar-refractivity contribution in [2.45, 2.75) is 30.6 Å². The van der Waals surface area contributed by atoms with Crippen LogP contribution in [0.1, 0.15) is 30.4 Å². The number of benzene rings is 1. The van der Waals surface area contributed by atoms with Gasteiger partial charge in [-0.25, -0.2) is 8.42 Å². The van der Waals surface area contributed by atoms with Crippen LogP contribution < -0.4 is 4.90 Å². The molecule has 0 radical (unpaired) electrons. The van der Waals surface area contributed by atoms with Crippen LogP contribution in [0.3, 0.4) is 0 Å². The predicted octanol–water partition coefficient (Wildman–Crippen LogP) is 1.10. The molecule has 3 aliphatic rings. The summed E-state index contributed by atoms with van der Waals surface area (Å²) in [5.41, 5.74) is 2.80. The van der Waals surface area contributed by atoms with E-state index >= 15 is 0 Å². The van der Waals surface area contributed by atoms with Gasteiger partial charge in [-0.3, -0.25) is 4.79 Å². The summed E-state index contributed by atoms with van der Waals surface area (Å²) in [6.07, 6.45) is 1.71. The molecule has 1 atom stereocenters. The molecule has 23 heavy (non-hydrogen) atoms. The molecular formula is C16H20N2O4S. The monoisotopic (exact) mass is 336 g/mol. The van der Waals surface area contributed by atoms with Crippen LogP contribution >= 0.6 is 0 Å². The minimum absolute atomic E-state index is 0.0851. The molecule has 4 rings (SSSR count). The molecule has 0 bridgehead atoms. The summed E-state index contributed by atoms with van der Waals surface area (Å²) in [4.78, 5) is 14.5. The maximum absolute atomic E-state index is 12.9. The van der Waals surface area contributed by atoms with Crippen molar-refractivity contribution in [3.05, 3.63) is 23.3 Å². The zero-order valence-corrected chi connectivity index (χ0v) is 13.9. The fourth-order valence-corrected chi connectivity index (χ4v) is 5.25. The number of morpholine rings is 1. The number of ether oxygens (including phenoxy) is 1. The van der Waals surface area contributed by atoms with Crippen LogP contribution in [0.2, 0.25) is 0 Å². The van der Waals surface area contributed by atoms with Crippen LogP contribution in [0, 0.1) is 0 Å². The van der Waals surface area contributed by atoms with Gasteiger partial charge in [0.1, 0.15) is 0 Å². The molecule has 6 nitrogen and oxygen atoms in total. The normalized spacial score (nSPS) is 24.8. The number of hydrogen-bond acceptors (Lipinski definition) is 4. The van der Waals surface area contributed by atoms with Crippen LogP contribution in [-0.2, 0) is 26.0 Å². The van der Waals surface area contributed by atoms with E-state index in [-0.39, 0.29) is 11.8 Å². The summed E-state index contributed by atoms with van der Waals surface area (Å²) in [6.45, 7) is 4.23. The largest absolute Gasteiger partial charge is 0.379 e. The standard InChI is InChI=1S/C16H20N2O4S/c1-11-14-10-13(23(20,21)17-5-7-22-8-6-17)9-12-3-2-4-18(15(12)14)16(11)19/h9-11H,2-8H2,1H3/t11-/m0/s1. The molecule has 3 aliphatic heterocycles. The Hall–Kier alpha value is -1.44. The van der Waals surface area contributed by atoms with Crippen LogP contribution in [0.4, 0.5) is 5.69 Å². The van der Waals surface area contributed by atoms with Crippen LogP contribution in [-0.4, -0.2) is 51.5 Å². The third-order valence-corrected chi connectivity index (χ3v) is 6.88. The van der Waals surface area contributed by atoms with Gasteiger partial charge in [0.15, 0.2) is 0 Å². The van der Waals surface area contributed by atoms with E-state index in [0.29, 0.717) is 31.2 Å². The topological polar surface area (TPSA) is 66.9 Å². The highest BCUT2D eigenvalue weighted by Crippen LogP contribution is 2.44. The highest BCUT2D eigenvalue weighted by molar-refractivity contribution is 7.89. The summed E-state index contributed by atoms with van der Waals surface area (Å²) < 4.78 is 32.6. The minimum atomic E-state index is -3.53. The van der Waals surface area contributed by atoms with Crippen molar-refractivity contribution in [1.29, 1.82) is 0 Å². The summed E-state index contributed by atoms with van der Waals surface area (Å²) in [5.74, 6) is -0.177. The lowest BCUT2D eigenvalue weighted by Gasteiger charge is -2.28. The van der Waals surface area contributed by atoms with Gasteiger partial charge in [-0.15, -0.1) is 0 Å². The second-order valence-electron chi connectivity index (χ2n) is 6.35. The molecule has 1 amide bonds. The smallest absolute Gasteiger partial charge is 0.243 e. The molecule has 0 spiro atoms. The van der Waals surface area contributed by atoms with Gasteiger partial charge in [-0.05, 0) is 43.0 Å². The van der Waals surface area contributed by atoms with E-state index in [1.165, 1.54) is 4.31 Å². The number of carbonyl (C=O) groups is 1. The second-order valence-corrected chi connectivity index (χ2v) is 8.29. The first-order valence-corrected chi connectivity index (χ1v) is 9.50. The highest BCUT2D eigenvalue weighted by atomic mass is 32.2. The summed E-state index contributed by atoms with van der Waals surface area (Å²) in [5, 5.41) is 0. The van der Waals surface area contributed by atoms with E-state index in [9.17, 15) is 13.2 Å². The Morgan fingerprint density at radius 1 is 1.17 bits per heavy atom. The third kappa shape index (κ3) is 2.21. The molecule has 0 aromatic heterocycles. The van der Waals surface area contributed by atoms with E-state index in [2.05, 4.69) is 0 Å². The van der Waals surface area contributed by atoms with Crippen LogP contribution in [0.15, 0.2) is 17.0 Å². The van der Waals surface area contributed by atoms with E-state index in [0.717, 1.165) is 36.2 Å². The fourth-order valence-electron chi connectivity index (χ4n) is 3.75. The first-order valence-electron chi connectivity index (χ1n) is 8.06. The van der Waals surface area contributed by atoms with Gasteiger partial charge in [0, 0.05) is 19.6 Å². The van der Waals surface area contributed by atoms with Crippen LogP contribution in [0.5, 0.6) is 0 Å². The number of carbonyl (C=O) groups excluding carboxylic acids is 1. The molecule has 1 aromatic carbocycles. The Bertz CT molecular complexity index is 769. The van der Waals surface area contributed by atoms with Crippen molar-refractivity contribution < 1.29 is 17.9 Å². The van der Waals surface area contributed by atoms with Gasteiger partial charge < -0.3 is 9.64 Å². The van der Waals surface area contributed by atoms with Gasteiger partial charge in [-0.2, -0.15) is 4.31 Å². The lowest BCUT2D eigenvalue weighted by atomic mass is 9.97. The van der Waals surface area contributed by atoms with Gasteiger partial charge in [0.2, 0.25) is 15.9 Å². The van der Waals surface area contributed by atoms with E-state index in [4.69, 9.17) is 4.74 Å². The third-order valence-electron chi connectivity index (χ3n) is 5.00. The number of anilines is 1. The fraction of sp³-hybridized carbons (Fsp3) is 0.562. The Morgan fingerprint density at radius 2 is 1.91 bits per heavy atom. The Balaban J connectivity index is 1.82. The molecule has 1 fully saturated rings. The summed E-state index contributed by atoms with van der Waals surface area (Å²) in [7, 11) is -3.53. The van der Waals surface area contributed by atoms with Crippen LogP contribution in [0.25, 0.3) is 0 Å². The van der Waals surface area contributed by atoms with Crippen molar-refractivity contribution in [1.82, 2.24) is 4.31 Å². The van der Waals surface area contributed by atoms with E-state index < -0.39 is 10.0 Å². The van der Waals surface area contributed by atoms with Crippen molar-refractivity contribution in [3.63, 3.8) is 0 Å². The Labute approximate surface area is 136 Å². The van der Waals surface area contributed by atoms with Crippen molar-refractivity contribution >= 4 is 21.6 Å². The Kier molecular flexibility index (Phi) is 3.48. The SMILES string of the molecule is C[C@@H]1C(=O)N2CCCc3cc(S(=O)(=O)N4CCOCC4)cc1c32. The quantitative estimate of drug-likeness (QED) is 0.811. The summed E-state index contributed by atoms with van der Waals surface area (Å²) >= 11 is 0. The lowest BCUT2D eigenvalue weighted by Crippen LogP contribution is -2.40. The molecular weight excluding hydrogens is 316 g/mol. The molecule has 0 N–H and O–H groups in total. The maximum atomic E-state index is 12.9. The van der Waals surface area contributed by atoms with Gasteiger partial charge in [0.05, 0.1) is 29.7 Å². The van der Waals surface area contributed by atoms with Crippen molar-refractivity contribution in [2.24, 2.45) is 0 Å². The average molecular weight is 336 g/mol. The van der Waals surface area contributed by atoms with Gasteiger partial charge in [0.25, 0.3) is 0 Å². The zero-order valence-electron chi connectivity index (χ0n) is 13.1. The molecule has 7 heteroatoms.